The molecule has 2 rings (SSSR count). The molecule has 8 N–H and O–H groups in total. The Kier molecular flexibility index (Phi) is 8.86. The lowest BCUT2D eigenvalue weighted by molar-refractivity contribution is -0.149. The van der Waals surface area contributed by atoms with Gasteiger partial charge in [0.15, 0.2) is 6.04 Å². The molecule has 0 unspecified atom stereocenters. The number of hydrogen-bond donors (Lipinski definition) is 7. The highest BCUT2D eigenvalue weighted by Crippen LogP contribution is 2.15. The molecule has 0 spiro atoms. The van der Waals surface area contributed by atoms with Crippen molar-refractivity contribution in [2.45, 2.75) is 25.4 Å². The second-order valence-electron chi connectivity index (χ2n) is 7.25. The minimum atomic E-state index is -1.76. The molecule has 0 aliphatic heterocycles. The lowest BCUT2D eigenvalue weighted by atomic mass is 10.1. The molecular weight excluding hydrogens is 460 g/mol. The van der Waals surface area contributed by atoms with Crippen LogP contribution in [0.25, 0.3) is 0 Å². The molecular formula is C22H24N6O7. The van der Waals surface area contributed by atoms with E-state index in [4.69, 9.17) is 11.1 Å². The van der Waals surface area contributed by atoms with E-state index in [0.717, 1.165) is 6.92 Å². The van der Waals surface area contributed by atoms with Crippen molar-refractivity contribution in [2.75, 3.05) is 5.32 Å². The average molecular weight is 484 g/mol. The monoisotopic (exact) mass is 484 g/mol. The molecule has 0 saturated heterocycles. The maximum Gasteiger partial charge on any atom is 0.338 e. The smallest absolute Gasteiger partial charge is 0.338 e. The van der Waals surface area contributed by atoms with E-state index < -0.39 is 48.3 Å². The average Bonchev–Trinajstić information content (AvgIpc) is 2.80. The van der Waals surface area contributed by atoms with Gasteiger partial charge in [0.2, 0.25) is 11.8 Å². The normalized spacial score (nSPS) is 11.9. The van der Waals surface area contributed by atoms with Gasteiger partial charge in [-0.1, -0.05) is 30.3 Å². The summed E-state index contributed by atoms with van der Waals surface area (Å²) in [5, 5.41) is 31.3. The Morgan fingerprint density at radius 2 is 1.60 bits per heavy atom. The van der Waals surface area contributed by atoms with Crippen LogP contribution in [0.2, 0.25) is 0 Å². The molecule has 35 heavy (non-hydrogen) atoms. The molecule has 0 aliphatic carbocycles. The van der Waals surface area contributed by atoms with Gasteiger partial charge in [-0.3, -0.25) is 19.8 Å². The fraction of sp³-hybridized carbons (Fsp3) is 0.182. The summed E-state index contributed by atoms with van der Waals surface area (Å²) < 4.78 is 0. The van der Waals surface area contributed by atoms with Gasteiger partial charge in [0.05, 0.1) is 6.42 Å². The van der Waals surface area contributed by atoms with Crippen LogP contribution in [0.3, 0.4) is 0 Å². The van der Waals surface area contributed by atoms with Crippen LogP contribution in [0.4, 0.5) is 10.5 Å². The Bertz CT molecular complexity index is 1120. The number of carboxylic acid groups (broad SMARTS) is 2. The Morgan fingerprint density at radius 3 is 2.09 bits per heavy atom. The number of urea groups is 1. The molecule has 13 nitrogen and oxygen atoms in total. The van der Waals surface area contributed by atoms with Crippen LogP contribution in [0.15, 0.2) is 54.6 Å². The number of hydrogen-bond acceptors (Lipinski definition) is 6. The first-order valence-electron chi connectivity index (χ1n) is 10.1. The Labute approximate surface area is 199 Å². The van der Waals surface area contributed by atoms with Crippen molar-refractivity contribution in [3.63, 3.8) is 0 Å². The van der Waals surface area contributed by atoms with Gasteiger partial charge in [-0.25, -0.2) is 20.0 Å². The summed E-state index contributed by atoms with van der Waals surface area (Å²) in [6.45, 7) is 0.996. The third kappa shape index (κ3) is 7.56. The molecule has 0 aliphatic rings. The van der Waals surface area contributed by atoms with Crippen LogP contribution >= 0.6 is 0 Å². The number of carbonyl (C=O) groups excluding carboxylic acids is 3. The predicted octanol–water partition coefficient (Wildman–Crippen LogP) is 0.641. The zero-order valence-corrected chi connectivity index (χ0v) is 18.5. The minimum absolute atomic E-state index is 0.179. The quantitative estimate of drug-likeness (QED) is 0.152. The topological polar surface area (TPSA) is 215 Å². The summed E-state index contributed by atoms with van der Waals surface area (Å²) in [4.78, 5) is 60.7. The molecule has 0 fully saturated rings. The number of aliphatic carboxylic acids is 2. The number of carboxylic acids is 2. The first kappa shape index (κ1) is 26.3. The number of benzene rings is 2. The van der Waals surface area contributed by atoms with Crippen LogP contribution < -0.4 is 21.8 Å². The van der Waals surface area contributed by atoms with E-state index in [1.165, 1.54) is 36.4 Å². The van der Waals surface area contributed by atoms with Gasteiger partial charge in [0.1, 0.15) is 11.9 Å². The van der Waals surface area contributed by atoms with Crippen LogP contribution in [0.5, 0.6) is 0 Å². The van der Waals surface area contributed by atoms with Crippen LogP contribution in [0, 0.1) is 5.41 Å². The molecule has 13 heteroatoms. The van der Waals surface area contributed by atoms with Crippen molar-refractivity contribution in [2.24, 2.45) is 5.73 Å². The molecule has 0 saturated carbocycles. The number of nitrogens with two attached hydrogens (primary N) is 1. The van der Waals surface area contributed by atoms with Gasteiger partial charge in [0, 0.05) is 18.2 Å². The number of anilines is 1. The van der Waals surface area contributed by atoms with Gasteiger partial charge in [-0.15, -0.1) is 0 Å². The number of carbonyl (C=O) groups is 5. The third-order valence-electron chi connectivity index (χ3n) is 4.66. The SMILES string of the molecule is CC(=O)N(NC(=O)Nc1ccc(C(=N)N)cc1)[C@@H](CC(=O)O)C(=O)N[C@H](C(=O)O)c1ccccc1. The highest BCUT2D eigenvalue weighted by molar-refractivity contribution is 5.97. The highest BCUT2D eigenvalue weighted by atomic mass is 16.4. The van der Waals surface area contributed by atoms with Gasteiger partial charge in [-0.05, 0) is 29.8 Å². The van der Waals surface area contributed by atoms with Crippen molar-refractivity contribution in [1.29, 1.82) is 5.41 Å². The molecule has 2 atom stereocenters. The van der Waals surface area contributed by atoms with E-state index in [-0.39, 0.29) is 17.1 Å². The standard InChI is InChI=1S/C22H24N6O7/c1-12(29)28(27-22(35)25-15-9-7-14(8-10-15)19(23)24)16(11-17(30)31)20(32)26-18(21(33)34)13-5-3-2-4-6-13/h2-10,16,18H,11H2,1H3,(H3,23,24)(H,26,32)(H,30,31)(H,33,34)(H2,25,27,35)/t16-,18-/m0/s1. The lowest BCUT2D eigenvalue weighted by Gasteiger charge is -2.30. The molecule has 0 bridgehead atoms. The zero-order valence-electron chi connectivity index (χ0n) is 18.5. The lowest BCUT2D eigenvalue weighted by Crippen LogP contribution is -2.58. The number of hydrazine groups is 1. The van der Waals surface area contributed by atoms with Crippen molar-refractivity contribution < 1.29 is 34.2 Å². The van der Waals surface area contributed by atoms with Crippen LogP contribution in [-0.2, 0) is 19.2 Å². The van der Waals surface area contributed by atoms with Crippen molar-refractivity contribution >= 4 is 41.3 Å². The first-order chi connectivity index (χ1) is 16.5. The third-order valence-corrected chi connectivity index (χ3v) is 4.66. The van der Waals surface area contributed by atoms with E-state index in [1.54, 1.807) is 18.2 Å². The van der Waals surface area contributed by atoms with E-state index in [1.807, 2.05) is 0 Å². The van der Waals surface area contributed by atoms with E-state index >= 15 is 0 Å². The summed E-state index contributed by atoms with van der Waals surface area (Å²) in [6.07, 6.45) is -0.917. The maximum absolute atomic E-state index is 12.9. The second kappa shape index (κ2) is 11.8. The fourth-order valence-electron chi connectivity index (χ4n) is 3.02. The fourth-order valence-corrected chi connectivity index (χ4v) is 3.02. The van der Waals surface area contributed by atoms with Crippen LogP contribution in [-0.4, -0.2) is 56.9 Å². The van der Waals surface area contributed by atoms with Gasteiger partial charge >= 0.3 is 18.0 Å². The molecule has 2 aromatic carbocycles. The molecule has 0 aromatic heterocycles. The molecule has 0 heterocycles. The second-order valence-corrected chi connectivity index (χ2v) is 7.25. The number of rotatable bonds is 9. The number of amidine groups is 1. The molecule has 184 valence electrons. The highest BCUT2D eigenvalue weighted by Gasteiger charge is 2.34. The van der Waals surface area contributed by atoms with Crippen molar-refractivity contribution in [3.8, 4) is 0 Å². The van der Waals surface area contributed by atoms with E-state index in [2.05, 4.69) is 16.1 Å². The summed E-state index contributed by atoms with van der Waals surface area (Å²) in [5.41, 5.74) is 8.38. The zero-order chi connectivity index (χ0) is 26.1. The Balaban J connectivity index is 2.23. The number of amides is 4. The molecule has 0 radical (unpaired) electrons. The summed E-state index contributed by atoms with van der Waals surface area (Å²) >= 11 is 0. The van der Waals surface area contributed by atoms with Crippen LogP contribution in [0.1, 0.15) is 30.5 Å². The maximum atomic E-state index is 12.9. The largest absolute Gasteiger partial charge is 0.481 e. The summed E-state index contributed by atoms with van der Waals surface area (Å²) in [6, 6.07) is 9.22. The van der Waals surface area contributed by atoms with Gasteiger partial charge in [0.25, 0.3) is 0 Å². The van der Waals surface area contributed by atoms with E-state index in [9.17, 15) is 34.2 Å². The summed E-state index contributed by atoms with van der Waals surface area (Å²) in [5.74, 6) is -5.04. The van der Waals surface area contributed by atoms with Gasteiger partial charge in [-0.2, -0.15) is 0 Å². The Hall–Kier alpha value is -4.94. The minimum Gasteiger partial charge on any atom is -0.481 e. The predicted molar refractivity (Wildman–Crippen MR) is 123 cm³/mol. The summed E-state index contributed by atoms with van der Waals surface area (Å²) in [7, 11) is 0. The van der Waals surface area contributed by atoms with E-state index in [0.29, 0.717) is 10.6 Å². The molecule has 4 amide bonds. The number of nitrogen functional groups attached to an aromatic ring is 1. The number of nitrogens with zero attached hydrogens (tertiary/aromatic N) is 1. The van der Waals surface area contributed by atoms with Gasteiger partial charge < -0.3 is 26.6 Å². The van der Waals surface area contributed by atoms with Crippen molar-refractivity contribution in [1.82, 2.24) is 15.8 Å². The molecule has 2 aromatic rings. The van der Waals surface area contributed by atoms with Crippen molar-refractivity contribution in [3.05, 3.63) is 65.7 Å². The first-order valence-corrected chi connectivity index (χ1v) is 10.1. The number of nitrogens with one attached hydrogen (secondary N) is 4. The Morgan fingerprint density at radius 1 is 1.00 bits per heavy atom.